The van der Waals surface area contributed by atoms with Gasteiger partial charge in [0.2, 0.25) is 5.13 Å². The van der Waals surface area contributed by atoms with Crippen LogP contribution >= 0.6 is 11.3 Å². The molecule has 0 bridgehead atoms. The van der Waals surface area contributed by atoms with Gasteiger partial charge >= 0.3 is 0 Å². The van der Waals surface area contributed by atoms with Crippen LogP contribution in [0.25, 0.3) is 11.1 Å². The van der Waals surface area contributed by atoms with Crippen molar-refractivity contribution in [3.63, 3.8) is 0 Å². The molecule has 1 N–H and O–H groups in total. The van der Waals surface area contributed by atoms with Crippen LogP contribution in [0.2, 0.25) is 0 Å². The molecule has 3 aromatic heterocycles. The Bertz CT molecular complexity index is 1130. The monoisotopic (exact) mass is 398 g/mol. The number of fused-ring (bicyclic) bond motifs is 1. The van der Waals surface area contributed by atoms with E-state index < -0.39 is 0 Å². The molecule has 1 amide bonds. The molecule has 0 aliphatic carbocycles. The highest BCUT2D eigenvalue weighted by Crippen LogP contribution is 2.25. The first-order valence-electron chi connectivity index (χ1n) is 8.94. The molecule has 0 spiro atoms. The van der Waals surface area contributed by atoms with E-state index in [1.165, 1.54) is 23.5 Å². The molecular weight excluding hydrogens is 379 g/mol. The van der Waals surface area contributed by atoms with Crippen LogP contribution in [0.5, 0.6) is 0 Å². The van der Waals surface area contributed by atoms with Crippen molar-refractivity contribution >= 4 is 33.5 Å². The van der Waals surface area contributed by atoms with Crippen LogP contribution in [-0.2, 0) is 13.0 Å². The molecule has 0 aliphatic heterocycles. The molecule has 6 nitrogen and oxygen atoms in total. The van der Waals surface area contributed by atoms with E-state index in [1.807, 2.05) is 6.07 Å². The second kappa shape index (κ2) is 7.55. The molecule has 0 aliphatic rings. The van der Waals surface area contributed by atoms with Crippen LogP contribution in [0.1, 0.15) is 34.9 Å². The van der Waals surface area contributed by atoms with Crippen LogP contribution < -0.4 is 5.32 Å². The maximum absolute atomic E-state index is 13.6. The summed E-state index contributed by atoms with van der Waals surface area (Å²) in [5, 5.41) is 12.3. The Morgan fingerprint density at radius 1 is 1.29 bits per heavy atom. The minimum absolute atomic E-state index is 0.310. The number of furan rings is 1. The molecule has 1 aromatic carbocycles. The molecule has 0 fully saturated rings. The maximum Gasteiger partial charge on any atom is 0.274 e. The van der Waals surface area contributed by atoms with E-state index in [1.54, 1.807) is 29.0 Å². The number of amides is 1. The van der Waals surface area contributed by atoms with Gasteiger partial charge in [-0.2, -0.15) is 0 Å². The molecule has 3 heterocycles. The Balaban J connectivity index is 1.61. The molecule has 28 heavy (non-hydrogen) atoms. The topological polar surface area (TPSA) is 73.0 Å². The predicted octanol–water partition coefficient (Wildman–Crippen LogP) is 4.72. The standard InChI is InChI=1S/C20H19FN4O2S/c1-12(2)8-18-23-24-20(28-18)22-19(26)16-10-17-15(6-7-27-17)25(16)11-13-4-3-5-14(21)9-13/h3-7,9-10,12H,8,11H2,1-2H3,(H,22,24,26). The molecule has 0 saturated heterocycles. The largest absolute Gasteiger partial charge is 0.463 e. The lowest BCUT2D eigenvalue weighted by atomic mass is 10.1. The van der Waals surface area contributed by atoms with Gasteiger partial charge in [-0.15, -0.1) is 10.2 Å². The van der Waals surface area contributed by atoms with Crippen molar-refractivity contribution in [1.82, 2.24) is 14.8 Å². The zero-order chi connectivity index (χ0) is 19.7. The maximum atomic E-state index is 13.6. The van der Waals surface area contributed by atoms with Gasteiger partial charge in [0.15, 0.2) is 5.58 Å². The summed E-state index contributed by atoms with van der Waals surface area (Å²) >= 11 is 1.37. The van der Waals surface area contributed by atoms with E-state index in [0.29, 0.717) is 28.9 Å². The normalized spacial score (nSPS) is 11.4. The van der Waals surface area contributed by atoms with Crippen LogP contribution in [0.3, 0.4) is 0 Å². The summed E-state index contributed by atoms with van der Waals surface area (Å²) in [4.78, 5) is 12.9. The Hall–Kier alpha value is -3.00. The summed E-state index contributed by atoms with van der Waals surface area (Å²) < 4.78 is 20.8. The summed E-state index contributed by atoms with van der Waals surface area (Å²) in [5.41, 5.74) is 2.54. The molecule has 0 saturated carbocycles. The number of benzene rings is 1. The first kappa shape index (κ1) is 18.4. The Kier molecular flexibility index (Phi) is 4.95. The molecular formula is C20H19FN4O2S. The number of carbonyl (C=O) groups is 1. The molecule has 0 radical (unpaired) electrons. The third-order valence-electron chi connectivity index (χ3n) is 4.26. The summed E-state index contributed by atoms with van der Waals surface area (Å²) in [6, 6.07) is 9.79. The van der Waals surface area contributed by atoms with Crippen molar-refractivity contribution in [2.24, 2.45) is 5.92 Å². The Labute approximate surface area is 165 Å². The third kappa shape index (κ3) is 3.82. The van der Waals surface area contributed by atoms with Crippen molar-refractivity contribution in [3.05, 3.63) is 64.7 Å². The number of nitrogens with one attached hydrogen (secondary N) is 1. The van der Waals surface area contributed by atoms with Gasteiger partial charge in [0.1, 0.15) is 16.5 Å². The number of carbonyl (C=O) groups excluding carboxylic acids is 1. The van der Waals surface area contributed by atoms with E-state index in [2.05, 4.69) is 29.4 Å². The van der Waals surface area contributed by atoms with E-state index in [4.69, 9.17) is 4.42 Å². The lowest BCUT2D eigenvalue weighted by molar-refractivity contribution is 0.101. The van der Waals surface area contributed by atoms with Crippen molar-refractivity contribution in [3.8, 4) is 0 Å². The first-order chi connectivity index (χ1) is 13.5. The van der Waals surface area contributed by atoms with Gasteiger partial charge in [0, 0.05) is 25.1 Å². The summed E-state index contributed by atoms with van der Waals surface area (Å²) in [6.07, 6.45) is 2.38. The van der Waals surface area contributed by atoms with Gasteiger partial charge in [-0.25, -0.2) is 4.39 Å². The number of hydrogen-bond acceptors (Lipinski definition) is 5. The van der Waals surface area contributed by atoms with Crippen molar-refractivity contribution in [2.45, 2.75) is 26.8 Å². The summed E-state index contributed by atoms with van der Waals surface area (Å²) in [7, 11) is 0. The third-order valence-corrected chi connectivity index (χ3v) is 5.12. The van der Waals surface area contributed by atoms with Crippen LogP contribution in [0.4, 0.5) is 9.52 Å². The zero-order valence-electron chi connectivity index (χ0n) is 15.5. The van der Waals surface area contributed by atoms with Gasteiger partial charge in [0.25, 0.3) is 5.91 Å². The van der Waals surface area contributed by atoms with Gasteiger partial charge in [-0.1, -0.05) is 37.3 Å². The van der Waals surface area contributed by atoms with E-state index in [0.717, 1.165) is 22.5 Å². The average molecular weight is 398 g/mol. The average Bonchev–Trinajstić information content (AvgIpc) is 3.32. The quantitative estimate of drug-likeness (QED) is 0.510. The van der Waals surface area contributed by atoms with Gasteiger partial charge in [-0.05, 0) is 23.6 Å². The van der Waals surface area contributed by atoms with Gasteiger partial charge in [0.05, 0.1) is 11.8 Å². The molecule has 4 aromatic rings. The minimum Gasteiger partial charge on any atom is -0.463 e. The molecule has 144 valence electrons. The van der Waals surface area contributed by atoms with Crippen LogP contribution in [0, 0.1) is 11.7 Å². The van der Waals surface area contributed by atoms with E-state index in [-0.39, 0.29) is 11.7 Å². The lowest BCUT2D eigenvalue weighted by Gasteiger charge is -2.10. The smallest absolute Gasteiger partial charge is 0.274 e. The van der Waals surface area contributed by atoms with Gasteiger partial charge in [-0.3, -0.25) is 10.1 Å². The van der Waals surface area contributed by atoms with Crippen molar-refractivity contribution in [2.75, 3.05) is 5.32 Å². The number of rotatable bonds is 6. The summed E-state index contributed by atoms with van der Waals surface area (Å²) in [5.74, 6) is -0.160. The second-order valence-electron chi connectivity index (χ2n) is 6.97. The fraction of sp³-hybridized carbons (Fsp3) is 0.250. The first-order valence-corrected chi connectivity index (χ1v) is 9.76. The Morgan fingerprint density at radius 2 is 2.14 bits per heavy atom. The zero-order valence-corrected chi connectivity index (χ0v) is 16.3. The van der Waals surface area contributed by atoms with E-state index in [9.17, 15) is 9.18 Å². The molecule has 4 rings (SSSR count). The predicted molar refractivity (Wildman–Crippen MR) is 106 cm³/mol. The molecule has 8 heteroatoms. The minimum atomic E-state index is -0.314. The molecule has 0 atom stereocenters. The van der Waals surface area contributed by atoms with Crippen molar-refractivity contribution < 1.29 is 13.6 Å². The number of anilines is 1. The summed E-state index contributed by atoms with van der Waals surface area (Å²) in [6.45, 7) is 4.56. The highest BCUT2D eigenvalue weighted by molar-refractivity contribution is 7.15. The highest BCUT2D eigenvalue weighted by atomic mass is 32.1. The van der Waals surface area contributed by atoms with Crippen LogP contribution in [-0.4, -0.2) is 20.7 Å². The Morgan fingerprint density at radius 3 is 2.93 bits per heavy atom. The van der Waals surface area contributed by atoms with Crippen LogP contribution in [0.15, 0.2) is 47.1 Å². The second-order valence-corrected chi connectivity index (χ2v) is 8.03. The fourth-order valence-electron chi connectivity index (χ4n) is 3.05. The lowest BCUT2D eigenvalue weighted by Crippen LogP contribution is -2.17. The van der Waals surface area contributed by atoms with Crippen molar-refractivity contribution in [1.29, 1.82) is 0 Å². The highest BCUT2D eigenvalue weighted by Gasteiger charge is 2.19. The number of hydrogen-bond donors (Lipinski definition) is 1. The fourth-order valence-corrected chi connectivity index (χ4v) is 4.00. The SMILES string of the molecule is CC(C)Cc1nnc(NC(=O)c2cc3occc3n2Cc2cccc(F)c2)s1. The van der Waals surface area contributed by atoms with Gasteiger partial charge < -0.3 is 8.98 Å². The molecule has 0 unspecified atom stereocenters. The number of halogens is 1. The van der Waals surface area contributed by atoms with E-state index >= 15 is 0 Å². The number of aromatic nitrogens is 3. The number of nitrogens with zero attached hydrogens (tertiary/aromatic N) is 3.